The van der Waals surface area contributed by atoms with Crippen molar-refractivity contribution in [3.8, 4) is 0 Å². The van der Waals surface area contributed by atoms with Crippen molar-refractivity contribution in [1.82, 2.24) is 0 Å². The Morgan fingerprint density at radius 1 is 0.276 bits per heavy atom. The Morgan fingerprint density at radius 2 is 0.379 bits per heavy atom. The fourth-order valence-electron chi connectivity index (χ4n) is 2.87. The van der Waals surface area contributed by atoms with Crippen molar-refractivity contribution in [2.75, 3.05) is 85.3 Å². The quantitative estimate of drug-likeness (QED) is 0.204. The first-order valence-electron chi connectivity index (χ1n) is 7.98. The average Bonchev–Trinajstić information content (AvgIpc) is 2.79. The van der Waals surface area contributed by atoms with Crippen LogP contribution in [0.5, 0.6) is 0 Å². The molecule has 0 fully saturated rings. The van der Waals surface area contributed by atoms with E-state index >= 15 is 0 Å². The molecule has 0 heterocycles. The van der Waals surface area contributed by atoms with E-state index in [0.717, 1.165) is 0 Å². The first kappa shape index (κ1) is 30.7. The van der Waals surface area contributed by atoms with Crippen LogP contribution < -0.4 is 0 Å². The van der Waals surface area contributed by atoms with Crippen molar-refractivity contribution in [1.29, 1.82) is 0 Å². The predicted molar refractivity (Wildman–Crippen MR) is 117 cm³/mol. The molecule has 0 aromatic carbocycles. The average molecular weight is 559 g/mol. The second kappa shape index (κ2) is 12.8. The zero-order valence-electron chi connectivity index (χ0n) is 19.2. The summed E-state index contributed by atoms with van der Waals surface area (Å²) < 4.78 is 71.5. The molecule has 0 spiro atoms. The second-order valence-electron chi connectivity index (χ2n) is 4.70. The Morgan fingerprint density at radius 3 is 0.448 bits per heavy atom. The molecule has 12 nitrogen and oxygen atoms in total. The molecule has 0 aliphatic rings. The first-order chi connectivity index (χ1) is 13.7. The zero-order chi connectivity index (χ0) is 23.0. The third-order valence-electron chi connectivity index (χ3n) is 3.94. The Labute approximate surface area is 177 Å². The normalized spacial score (nSPS) is 19.4. The molecule has 0 unspecified atom stereocenters. The van der Waals surface area contributed by atoms with Crippen molar-refractivity contribution >= 4 is 26.9 Å². The van der Waals surface area contributed by atoms with E-state index < -0.39 is 37.5 Å². The molecule has 0 aromatic rings. The molecule has 0 amide bonds. The maximum absolute atomic E-state index is 5.96. The van der Waals surface area contributed by atoms with Crippen LogP contribution >= 0.6 is 26.9 Å². The van der Waals surface area contributed by atoms with Crippen molar-refractivity contribution in [3.05, 3.63) is 0 Å². The van der Waals surface area contributed by atoms with Gasteiger partial charge in [-0.2, -0.15) is 0 Å². The van der Waals surface area contributed by atoms with Crippen LogP contribution in [0.2, 0.25) is 0 Å². The van der Waals surface area contributed by atoms with E-state index in [1.807, 2.05) is 0 Å². The van der Waals surface area contributed by atoms with E-state index in [-0.39, 0.29) is 0 Å². The van der Waals surface area contributed by atoms with E-state index in [2.05, 4.69) is 0 Å². The van der Waals surface area contributed by atoms with Gasteiger partial charge < -0.3 is 0 Å². The van der Waals surface area contributed by atoms with Crippen molar-refractivity contribution in [2.24, 2.45) is 0 Å². The summed E-state index contributed by atoms with van der Waals surface area (Å²) in [7, 11) is 13.9. The van der Waals surface area contributed by atoms with Gasteiger partial charge in [0.15, 0.2) is 0 Å². The molecule has 0 rings (SSSR count). The van der Waals surface area contributed by atoms with Crippen LogP contribution in [0.4, 0.5) is 0 Å². The van der Waals surface area contributed by atoms with Gasteiger partial charge in [-0.3, -0.25) is 0 Å². The van der Waals surface area contributed by atoms with Gasteiger partial charge in [0.05, 0.1) is 0 Å². The van der Waals surface area contributed by atoms with E-state index in [4.69, 9.17) is 54.3 Å². The molecule has 0 atom stereocenters. The summed E-state index contributed by atoms with van der Waals surface area (Å²) in [6.07, 6.45) is 0. The van der Waals surface area contributed by atoms with Gasteiger partial charge in [0.25, 0.3) is 0 Å². The molecule has 190 valence electrons. The molecular formula is C12H40NiO12P4. The molecule has 0 N–H and O–H groups in total. The fourth-order valence-corrected chi connectivity index (χ4v) is 72.5. The minimum atomic E-state index is -3.94. The molecule has 0 bridgehead atoms. The third kappa shape index (κ3) is 4.21. The van der Waals surface area contributed by atoms with Gasteiger partial charge in [-0.25, -0.2) is 0 Å². The standard InChI is InChI=1S/4C3H10O3P.Ni/c4*1-4-7(5-2)6-3;/h4*7H,1-3H3;/q4*+1;-4. The van der Waals surface area contributed by atoms with Crippen LogP contribution in [-0.4, -0.2) is 85.3 Å². The molecular weight excluding hydrogens is 519 g/mol. The van der Waals surface area contributed by atoms with Gasteiger partial charge in [-0.05, 0) is 0 Å². The molecule has 0 aromatic heterocycles. The molecule has 0 saturated heterocycles. The summed E-state index contributed by atoms with van der Waals surface area (Å²) in [6, 6.07) is 0. The van der Waals surface area contributed by atoms with Crippen LogP contribution in [0.25, 0.3) is 0 Å². The van der Waals surface area contributed by atoms with Crippen LogP contribution in [0.3, 0.4) is 0 Å². The third-order valence-corrected chi connectivity index (χ3v) is 58.7. The summed E-state index contributed by atoms with van der Waals surface area (Å²) in [4.78, 5) is 0. The minimum absolute atomic E-state index is 1.43. The van der Waals surface area contributed by atoms with Crippen molar-refractivity contribution in [2.45, 2.75) is 0 Å². The SMILES string of the molecule is CO[PH](OC)(OC)[Ni]([PH](OC)(OC)OC)([PH](OC)(OC)OC)[PH](OC)(OC)OC. The van der Waals surface area contributed by atoms with Gasteiger partial charge in [-0.1, -0.05) is 0 Å². The van der Waals surface area contributed by atoms with Crippen LogP contribution in [0, 0.1) is 0 Å². The molecule has 0 radical (unpaired) electrons. The number of rotatable bonds is 16. The predicted octanol–water partition coefficient (Wildman–Crippen LogP) is 3.54. The molecule has 0 aliphatic carbocycles. The second-order valence-corrected chi connectivity index (χ2v) is 37.5. The van der Waals surface area contributed by atoms with Crippen LogP contribution in [0.1, 0.15) is 0 Å². The maximum atomic E-state index is 5.96. The van der Waals surface area contributed by atoms with Crippen LogP contribution in [0.15, 0.2) is 0 Å². The Bertz CT molecular complexity index is 355. The van der Waals surface area contributed by atoms with E-state index in [0.29, 0.717) is 0 Å². The Hall–Kier alpha value is 1.73. The zero-order valence-corrected chi connectivity index (χ0v) is 24.2. The van der Waals surface area contributed by atoms with E-state index in [1.54, 1.807) is 0 Å². The topological polar surface area (TPSA) is 111 Å². The fraction of sp³-hybridized carbons (Fsp3) is 1.00. The molecule has 17 heteroatoms. The Balaban J connectivity index is 8.16. The Kier molecular flexibility index (Phi) is 13.6. The van der Waals surface area contributed by atoms with E-state index in [9.17, 15) is 0 Å². The molecule has 0 aliphatic heterocycles. The number of hydrogen-bond donors (Lipinski definition) is 0. The summed E-state index contributed by atoms with van der Waals surface area (Å²) in [5.41, 5.74) is 0. The van der Waals surface area contributed by atoms with Crippen LogP contribution in [-0.2, 0) is 64.9 Å². The molecule has 29 heavy (non-hydrogen) atoms. The monoisotopic (exact) mass is 558 g/mol. The summed E-state index contributed by atoms with van der Waals surface area (Å²) in [6.45, 7) is -15.8. The van der Waals surface area contributed by atoms with Gasteiger partial charge in [0.1, 0.15) is 0 Å². The van der Waals surface area contributed by atoms with Gasteiger partial charge in [0, 0.05) is 0 Å². The van der Waals surface area contributed by atoms with E-state index in [1.165, 1.54) is 85.3 Å². The van der Waals surface area contributed by atoms with Crippen molar-refractivity contribution in [3.63, 3.8) is 0 Å². The number of hydrogen-bond acceptors (Lipinski definition) is 12. The first-order valence-corrected chi connectivity index (χ1v) is 20.1. The summed E-state index contributed by atoms with van der Waals surface area (Å²) in [5, 5.41) is 0. The van der Waals surface area contributed by atoms with Gasteiger partial charge in [0.2, 0.25) is 0 Å². The van der Waals surface area contributed by atoms with Gasteiger partial charge >= 0.3 is 177 Å². The summed E-state index contributed by atoms with van der Waals surface area (Å²) >= 11 is 0. The summed E-state index contributed by atoms with van der Waals surface area (Å²) in [5.74, 6) is 0. The van der Waals surface area contributed by atoms with Crippen molar-refractivity contribution < 1.29 is 64.9 Å². The molecule has 0 saturated carbocycles. The van der Waals surface area contributed by atoms with Gasteiger partial charge in [-0.15, -0.1) is 0 Å².